The van der Waals surface area contributed by atoms with Crippen LogP contribution in [0, 0.1) is 5.92 Å². The van der Waals surface area contributed by atoms with Gasteiger partial charge < -0.3 is 15.0 Å². The smallest absolute Gasteiger partial charge is 0.0503 e. The first-order valence-electron chi connectivity index (χ1n) is 7.21. The molecule has 1 heterocycles. The van der Waals surface area contributed by atoms with Crippen molar-refractivity contribution in [1.29, 1.82) is 0 Å². The molecule has 0 aromatic rings. The fraction of sp³-hybridized carbons (Fsp3) is 1.00. The molecule has 0 saturated carbocycles. The molecule has 1 fully saturated rings. The quantitative estimate of drug-likeness (QED) is 0.627. The molecule has 17 heavy (non-hydrogen) atoms. The maximum atomic E-state index is 5.24. The molecule has 3 nitrogen and oxygen atoms in total. The number of ether oxygens (including phenoxy) is 1. The minimum atomic E-state index is 0.736. The molecule has 1 rings (SSSR count). The third-order valence-electron chi connectivity index (χ3n) is 3.75. The Balaban J connectivity index is 2.05. The van der Waals surface area contributed by atoms with E-state index in [1.807, 2.05) is 7.11 Å². The summed E-state index contributed by atoms with van der Waals surface area (Å²) >= 11 is 0. The van der Waals surface area contributed by atoms with Crippen LogP contribution in [-0.4, -0.2) is 50.8 Å². The van der Waals surface area contributed by atoms with Gasteiger partial charge in [-0.05, 0) is 58.2 Å². The van der Waals surface area contributed by atoms with Crippen LogP contribution in [0.4, 0.5) is 0 Å². The number of hydrogen-bond acceptors (Lipinski definition) is 3. The van der Waals surface area contributed by atoms with E-state index in [2.05, 4.69) is 24.1 Å². The van der Waals surface area contributed by atoms with Crippen molar-refractivity contribution in [3.8, 4) is 0 Å². The van der Waals surface area contributed by atoms with Crippen molar-refractivity contribution in [1.82, 2.24) is 10.2 Å². The first-order valence-corrected chi connectivity index (χ1v) is 7.21. The zero-order chi connectivity index (χ0) is 12.5. The Morgan fingerprint density at radius 3 is 2.94 bits per heavy atom. The highest BCUT2D eigenvalue weighted by atomic mass is 16.5. The fourth-order valence-corrected chi connectivity index (χ4v) is 2.64. The summed E-state index contributed by atoms with van der Waals surface area (Å²) in [6.07, 6.45) is 5.16. The molecule has 0 aliphatic carbocycles. The lowest BCUT2D eigenvalue weighted by atomic mass is 10.1. The lowest BCUT2D eigenvalue weighted by Crippen LogP contribution is -2.32. The van der Waals surface area contributed by atoms with Crippen molar-refractivity contribution in [2.75, 3.05) is 39.9 Å². The van der Waals surface area contributed by atoms with Gasteiger partial charge in [0.25, 0.3) is 0 Å². The summed E-state index contributed by atoms with van der Waals surface area (Å²) in [6.45, 7) is 10.3. The van der Waals surface area contributed by atoms with E-state index in [9.17, 15) is 0 Å². The van der Waals surface area contributed by atoms with Crippen LogP contribution >= 0.6 is 0 Å². The molecule has 0 aromatic heterocycles. The van der Waals surface area contributed by atoms with Gasteiger partial charge in [-0.2, -0.15) is 0 Å². The number of rotatable bonds is 9. The molecule has 1 N–H and O–H groups in total. The van der Waals surface area contributed by atoms with E-state index in [1.165, 1.54) is 45.3 Å². The minimum Gasteiger partial charge on any atom is -0.384 e. The normalized spacial score (nSPS) is 23.1. The van der Waals surface area contributed by atoms with E-state index in [0.717, 1.165) is 25.1 Å². The number of likely N-dealkylation sites (tertiary alicyclic amines) is 1. The second kappa shape index (κ2) is 8.90. The van der Waals surface area contributed by atoms with E-state index < -0.39 is 0 Å². The molecule has 3 heteroatoms. The highest BCUT2D eigenvalue weighted by Gasteiger charge is 2.25. The summed E-state index contributed by atoms with van der Waals surface area (Å²) in [7, 11) is 1.81. The molecule has 2 unspecified atom stereocenters. The van der Waals surface area contributed by atoms with Crippen molar-refractivity contribution < 1.29 is 4.74 Å². The molecule has 0 bridgehead atoms. The van der Waals surface area contributed by atoms with Gasteiger partial charge in [-0.1, -0.05) is 6.92 Å². The molecule has 102 valence electrons. The summed E-state index contributed by atoms with van der Waals surface area (Å²) in [4.78, 5) is 2.63. The van der Waals surface area contributed by atoms with Gasteiger partial charge in [-0.25, -0.2) is 0 Å². The Kier molecular flexibility index (Phi) is 7.82. The van der Waals surface area contributed by atoms with E-state index in [4.69, 9.17) is 4.74 Å². The third-order valence-corrected chi connectivity index (χ3v) is 3.75. The van der Waals surface area contributed by atoms with Crippen molar-refractivity contribution in [3.63, 3.8) is 0 Å². The topological polar surface area (TPSA) is 24.5 Å². The molecule has 0 spiro atoms. The summed E-state index contributed by atoms with van der Waals surface area (Å²) in [5.74, 6) is 0.765. The molecule has 0 amide bonds. The van der Waals surface area contributed by atoms with Gasteiger partial charge in [0, 0.05) is 19.7 Å². The van der Waals surface area contributed by atoms with Gasteiger partial charge in [0.15, 0.2) is 0 Å². The van der Waals surface area contributed by atoms with E-state index in [0.29, 0.717) is 0 Å². The van der Waals surface area contributed by atoms with Crippen LogP contribution in [0.5, 0.6) is 0 Å². The molecule has 1 aliphatic heterocycles. The van der Waals surface area contributed by atoms with Gasteiger partial charge >= 0.3 is 0 Å². The predicted molar refractivity (Wildman–Crippen MR) is 73.4 cm³/mol. The maximum absolute atomic E-state index is 5.24. The SMILES string of the molecule is CCCNCCCC(C)N1CCC(COC)C1. The Morgan fingerprint density at radius 1 is 1.41 bits per heavy atom. The Bertz CT molecular complexity index is 187. The minimum absolute atomic E-state index is 0.736. The second-order valence-corrected chi connectivity index (χ2v) is 5.35. The van der Waals surface area contributed by atoms with Crippen LogP contribution in [-0.2, 0) is 4.74 Å². The molecule has 1 aliphatic rings. The Morgan fingerprint density at radius 2 is 2.24 bits per heavy atom. The Hall–Kier alpha value is -0.120. The van der Waals surface area contributed by atoms with Crippen LogP contribution in [0.3, 0.4) is 0 Å². The van der Waals surface area contributed by atoms with Crippen molar-refractivity contribution in [2.45, 2.75) is 45.6 Å². The summed E-state index contributed by atoms with van der Waals surface area (Å²) in [5, 5.41) is 3.47. The standard InChI is InChI=1S/C14H30N2O/c1-4-8-15-9-5-6-13(2)16-10-7-14(11-16)12-17-3/h13-15H,4-12H2,1-3H3. The van der Waals surface area contributed by atoms with E-state index in [1.54, 1.807) is 0 Å². The summed E-state index contributed by atoms with van der Waals surface area (Å²) in [5.41, 5.74) is 0. The Labute approximate surface area is 107 Å². The zero-order valence-electron chi connectivity index (χ0n) is 11.9. The van der Waals surface area contributed by atoms with Crippen molar-refractivity contribution >= 4 is 0 Å². The first kappa shape index (κ1) is 14.9. The van der Waals surface area contributed by atoms with Crippen LogP contribution in [0.1, 0.15) is 39.5 Å². The average Bonchev–Trinajstić information content (AvgIpc) is 2.78. The van der Waals surface area contributed by atoms with Crippen LogP contribution in [0.15, 0.2) is 0 Å². The summed E-state index contributed by atoms with van der Waals surface area (Å²) < 4.78 is 5.24. The molecule has 0 aromatic carbocycles. The van der Waals surface area contributed by atoms with Crippen molar-refractivity contribution in [3.05, 3.63) is 0 Å². The third kappa shape index (κ3) is 5.84. The number of nitrogens with zero attached hydrogens (tertiary/aromatic N) is 1. The zero-order valence-corrected chi connectivity index (χ0v) is 11.9. The van der Waals surface area contributed by atoms with Gasteiger partial charge in [-0.15, -0.1) is 0 Å². The van der Waals surface area contributed by atoms with Gasteiger partial charge in [0.2, 0.25) is 0 Å². The summed E-state index contributed by atoms with van der Waals surface area (Å²) in [6, 6.07) is 0.736. The van der Waals surface area contributed by atoms with Gasteiger partial charge in [0.1, 0.15) is 0 Å². The largest absolute Gasteiger partial charge is 0.384 e. The molecular weight excluding hydrogens is 212 g/mol. The monoisotopic (exact) mass is 242 g/mol. The lowest BCUT2D eigenvalue weighted by molar-refractivity contribution is 0.147. The first-order chi connectivity index (χ1) is 8.27. The second-order valence-electron chi connectivity index (χ2n) is 5.35. The number of methoxy groups -OCH3 is 1. The molecular formula is C14H30N2O. The van der Waals surface area contributed by atoms with Gasteiger partial charge in [-0.3, -0.25) is 0 Å². The van der Waals surface area contributed by atoms with Crippen LogP contribution in [0.25, 0.3) is 0 Å². The molecule has 1 saturated heterocycles. The van der Waals surface area contributed by atoms with Crippen molar-refractivity contribution in [2.24, 2.45) is 5.92 Å². The van der Waals surface area contributed by atoms with Gasteiger partial charge in [0.05, 0.1) is 6.61 Å². The highest BCUT2D eigenvalue weighted by molar-refractivity contribution is 4.79. The maximum Gasteiger partial charge on any atom is 0.0503 e. The number of nitrogens with one attached hydrogen (secondary N) is 1. The molecule has 2 atom stereocenters. The predicted octanol–water partition coefficient (Wildman–Crippen LogP) is 2.12. The lowest BCUT2D eigenvalue weighted by Gasteiger charge is -2.24. The average molecular weight is 242 g/mol. The molecule has 0 radical (unpaired) electrons. The van der Waals surface area contributed by atoms with E-state index in [-0.39, 0.29) is 0 Å². The fourth-order valence-electron chi connectivity index (χ4n) is 2.64. The van der Waals surface area contributed by atoms with Crippen LogP contribution in [0.2, 0.25) is 0 Å². The number of hydrogen-bond donors (Lipinski definition) is 1. The van der Waals surface area contributed by atoms with E-state index >= 15 is 0 Å². The van der Waals surface area contributed by atoms with Crippen LogP contribution < -0.4 is 5.32 Å². The highest BCUT2D eigenvalue weighted by Crippen LogP contribution is 2.20.